The SMILES string of the molecule is Cc1ccc(CNCCCS(=O)(=O)O)cc1F. The van der Waals surface area contributed by atoms with E-state index in [1.165, 1.54) is 6.07 Å². The summed E-state index contributed by atoms with van der Waals surface area (Å²) in [5.41, 5.74) is 1.40. The Hall–Kier alpha value is -0.980. The van der Waals surface area contributed by atoms with Gasteiger partial charge in [0.25, 0.3) is 10.1 Å². The second-order valence-corrected chi connectivity index (χ2v) is 5.47. The second kappa shape index (κ2) is 6.09. The first-order chi connectivity index (χ1) is 7.88. The predicted molar refractivity (Wildman–Crippen MR) is 63.9 cm³/mol. The van der Waals surface area contributed by atoms with Crippen LogP contribution in [0.1, 0.15) is 17.5 Å². The van der Waals surface area contributed by atoms with Crippen LogP contribution in [0.3, 0.4) is 0 Å². The van der Waals surface area contributed by atoms with Crippen molar-refractivity contribution in [2.75, 3.05) is 12.3 Å². The maximum Gasteiger partial charge on any atom is 0.264 e. The topological polar surface area (TPSA) is 66.4 Å². The maximum absolute atomic E-state index is 13.2. The average molecular weight is 261 g/mol. The Kier molecular flexibility index (Phi) is 5.04. The number of aryl methyl sites for hydroxylation is 1. The fourth-order valence-corrected chi connectivity index (χ4v) is 1.87. The molecular formula is C11H16FNO3S. The molecule has 0 heterocycles. The summed E-state index contributed by atoms with van der Waals surface area (Å²) in [5, 5.41) is 2.98. The molecule has 0 aliphatic heterocycles. The van der Waals surface area contributed by atoms with Crippen molar-refractivity contribution >= 4 is 10.1 Å². The molecule has 17 heavy (non-hydrogen) atoms. The van der Waals surface area contributed by atoms with Gasteiger partial charge in [-0.05, 0) is 37.1 Å². The second-order valence-electron chi connectivity index (χ2n) is 3.90. The smallest absolute Gasteiger partial charge is 0.264 e. The van der Waals surface area contributed by atoms with Crippen molar-refractivity contribution in [3.05, 3.63) is 35.1 Å². The van der Waals surface area contributed by atoms with Gasteiger partial charge in [-0.15, -0.1) is 0 Å². The summed E-state index contributed by atoms with van der Waals surface area (Å²) in [6.45, 7) is 2.62. The summed E-state index contributed by atoms with van der Waals surface area (Å²) in [7, 11) is -3.88. The average Bonchev–Trinajstić information content (AvgIpc) is 2.21. The molecule has 0 radical (unpaired) electrons. The van der Waals surface area contributed by atoms with Crippen LogP contribution in [-0.2, 0) is 16.7 Å². The number of halogens is 1. The lowest BCUT2D eigenvalue weighted by Crippen LogP contribution is -2.18. The van der Waals surface area contributed by atoms with Gasteiger partial charge in [-0.1, -0.05) is 12.1 Å². The van der Waals surface area contributed by atoms with Gasteiger partial charge in [-0.3, -0.25) is 4.55 Å². The van der Waals surface area contributed by atoms with Gasteiger partial charge in [0.2, 0.25) is 0 Å². The van der Waals surface area contributed by atoms with E-state index in [0.717, 1.165) is 5.56 Å². The third-order valence-electron chi connectivity index (χ3n) is 2.32. The van der Waals surface area contributed by atoms with Gasteiger partial charge >= 0.3 is 0 Å². The molecule has 0 unspecified atom stereocenters. The van der Waals surface area contributed by atoms with Crippen molar-refractivity contribution < 1.29 is 17.4 Å². The minimum atomic E-state index is -3.88. The zero-order valence-electron chi connectivity index (χ0n) is 9.61. The van der Waals surface area contributed by atoms with E-state index >= 15 is 0 Å². The number of rotatable bonds is 6. The van der Waals surface area contributed by atoms with Gasteiger partial charge < -0.3 is 5.32 Å². The van der Waals surface area contributed by atoms with Crippen molar-refractivity contribution in [1.29, 1.82) is 0 Å². The van der Waals surface area contributed by atoms with E-state index in [4.69, 9.17) is 4.55 Å². The highest BCUT2D eigenvalue weighted by atomic mass is 32.2. The largest absolute Gasteiger partial charge is 0.313 e. The van der Waals surface area contributed by atoms with E-state index < -0.39 is 10.1 Å². The summed E-state index contributed by atoms with van der Waals surface area (Å²) in [6, 6.07) is 4.96. The lowest BCUT2D eigenvalue weighted by molar-refractivity contribution is 0.479. The van der Waals surface area contributed by atoms with E-state index in [1.54, 1.807) is 13.0 Å². The molecule has 96 valence electrons. The molecule has 1 rings (SSSR count). The highest BCUT2D eigenvalue weighted by Gasteiger charge is 2.03. The molecule has 0 fully saturated rings. The molecule has 1 aromatic carbocycles. The zero-order chi connectivity index (χ0) is 12.9. The molecule has 6 heteroatoms. The summed E-state index contributed by atoms with van der Waals surface area (Å²) < 4.78 is 42.5. The molecule has 0 aromatic heterocycles. The van der Waals surface area contributed by atoms with Crippen LogP contribution in [0.2, 0.25) is 0 Å². The number of hydrogen-bond donors (Lipinski definition) is 2. The Balaban J connectivity index is 2.29. The molecule has 1 aromatic rings. The van der Waals surface area contributed by atoms with Crippen molar-refractivity contribution in [3.8, 4) is 0 Å². The standard InChI is InChI=1S/C11H16FNO3S/c1-9-3-4-10(7-11(9)12)8-13-5-2-6-17(14,15)16/h3-4,7,13H,2,5-6,8H2,1H3,(H,14,15,16). The molecule has 0 aliphatic carbocycles. The monoisotopic (exact) mass is 261 g/mol. The Morgan fingerprint density at radius 3 is 2.71 bits per heavy atom. The van der Waals surface area contributed by atoms with Crippen LogP contribution in [-0.4, -0.2) is 25.3 Å². The van der Waals surface area contributed by atoms with E-state index in [9.17, 15) is 12.8 Å². The van der Waals surface area contributed by atoms with Crippen molar-refractivity contribution in [2.45, 2.75) is 19.9 Å². The number of nitrogens with one attached hydrogen (secondary N) is 1. The lowest BCUT2D eigenvalue weighted by Gasteiger charge is -2.05. The van der Waals surface area contributed by atoms with Gasteiger partial charge in [0.1, 0.15) is 5.82 Å². The first kappa shape index (κ1) is 14.1. The molecular weight excluding hydrogens is 245 g/mol. The highest BCUT2D eigenvalue weighted by molar-refractivity contribution is 7.85. The molecule has 2 N–H and O–H groups in total. The Morgan fingerprint density at radius 1 is 1.41 bits per heavy atom. The molecule has 0 amide bonds. The third-order valence-corrected chi connectivity index (χ3v) is 3.13. The molecule has 0 saturated carbocycles. The van der Waals surface area contributed by atoms with Crippen LogP contribution in [0.4, 0.5) is 4.39 Å². The van der Waals surface area contributed by atoms with Crippen molar-refractivity contribution in [3.63, 3.8) is 0 Å². The summed E-state index contributed by atoms with van der Waals surface area (Å²) >= 11 is 0. The van der Waals surface area contributed by atoms with Gasteiger partial charge in [0.05, 0.1) is 5.75 Å². The molecule has 0 saturated heterocycles. The quantitative estimate of drug-likeness (QED) is 0.601. The molecule has 0 bridgehead atoms. The maximum atomic E-state index is 13.2. The molecule has 4 nitrogen and oxygen atoms in total. The normalized spacial score (nSPS) is 11.7. The van der Waals surface area contributed by atoms with E-state index in [1.807, 2.05) is 6.07 Å². The Bertz CT molecular complexity index is 474. The molecule has 0 atom stereocenters. The Labute approximate surface area is 101 Å². The van der Waals surface area contributed by atoms with Crippen LogP contribution >= 0.6 is 0 Å². The minimum absolute atomic E-state index is 0.248. The summed E-state index contributed by atoms with van der Waals surface area (Å²) in [6.07, 6.45) is 0.327. The lowest BCUT2D eigenvalue weighted by atomic mass is 10.1. The van der Waals surface area contributed by atoms with Crippen LogP contribution in [0, 0.1) is 12.7 Å². The van der Waals surface area contributed by atoms with E-state index in [-0.39, 0.29) is 11.6 Å². The van der Waals surface area contributed by atoms with Gasteiger partial charge in [-0.2, -0.15) is 8.42 Å². The highest BCUT2D eigenvalue weighted by Crippen LogP contribution is 2.08. The van der Waals surface area contributed by atoms with Crippen molar-refractivity contribution in [2.24, 2.45) is 0 Å². The predicted octanol–water partition coefficient (Wildman–Crippen LogP) is 1.50. The van der Waals surface area contributed by atoms with Crippen LogP contribution in [0.15, 0.2) is 18.2 Å². The third kappa shape index (κ3) is 5.76. The molecule has 0 spiro atoms. The van der Waals surface area contributed by atoms with Crippen LogP contribution in [0.25, 0.3) is 0 Å². The fraction of sp³-hybridized carbons (Fsp3) is 0.455. The van der Waals surface area contributed by atoms with E-state index in [0.29, 0.717) is 25.1 Å². The number of hydrogen-bond acceptors (Lipinski definition) is 3. The minimum Gasteiger partial charge on any atom is -0.313 e. The first-order valence-corrected chi connectivity index (χ1v) is 6.90. The summed E-state index contributed by atoms with van der Waals surface area (Å²) in [5.74, 6) is -0.510. The number of benzene rings is 1. The van der Waals surface area contributed by atoms with E-state index in [2.05, 4.69) is 5.32 Å². The van der Waals surface area contributed by atoms with Crippen molar-refractivity contribution in [1.82, 2.24) is 5.32 Å². The van der Waals surface area contributed by atoms with Gasteiger partial charge in [-0.25, -0.2) is 4.39 Å². The van der Waals surface area contributed by atoms with Crippen LogP contribution < -0.4 is 5.32 Å². The summed E-state index contributed by atoms with van der Waals surface area (Å²) in [4.78, 5) is 0. The fourth-order valence-electron chi connectivity index (χ4n) is 1.36. The zero-order valence-corrected chi connectivity index (χ0v) is 10.4. The molecule has 0 aliphatic rings. The van der Waals surface area contributed by atoms with Gasteiger partial charge in [0.15, 0.2) is 0 Å². The first-order valence-electron chi connectivity index (χ1n) is 5.29. The Morgan fingerprint density at radius 2 is 2.12 bits per heavy atom. The van der Waals surface area contributed by atoms with Crippen LogP contribution in [0.5, 0.6) is 0 Å². The van der Waals surface area contributed by atoms with Gasteiger partial charge in [0, 0.05) is 6.54 Å².